The fourth-order valence-corrected chi connectivity index (χ4v) is 21.6. The number of nitrogens with zero attached hydrogens (tertiary/aromatic N) is 4. The van der Waals surface area contributed by atoms with Gasteiger partial charge in [0.15, 0.2) is 0 Å². The fraction of sp³-hybridized carbons (Fsp3) is 0.486. The largest absolute Gasteiger partial charge is 0.305 e. The van der Waals surface area contributed by atoms with Gasteiger partial charge in [-0.3, -0.25) is 48.3 Å². The van der Waals surface area contributed by atoms with Crippen molar-refractivity contribution in [3.8, 4) is 22.3 Å². The van der Waals surface area contributed by atoms with Gasteiger partial charge in [0, 0.05) is 95.2 Å². The first-order chi connectivity index (χ1) is 57.7. The molecular formula is C107H128N4O7. The van der Waals surface area contributed by atoms with E-state index in [2.05, 4.69) is 133 Å². The van der Waals surface area contributed by atoms with Crippen molar-refractivity contribution in [1.82, 2.24) is 19.3 Å². The molecule has 4 heterocycles. The van der Waals surface area contributed by atoms with Gasteiger partial charge in [0.25, 0.3) is 41.0 Å². The van der Waals surface area contributed by atoms with Crippen LogP contribution in [0.15, 0.2) is 114 Å². The number of aromatic nitrogens is 1. The molecule has 6 amide bonds. The quantitative estimate of drug-likeness (QED) is 0.0160. The van der Waals surface area contributed by atoms with Crippen LogP contribution in [0.1, 0.15) is 380 Å². The van der Waals surface area contributed by atoms with Crippen molar-refractivity contribution in [2.45, 2.75) is 336 Å². The molecular weight excluding hydrogens is 1450 g/mol. The normalized spacial score (nSPS) is 14.0. The first kappa shape index (κ1) is 83.7. The van der Waals surface area contributed by atoms with Gasteiger partial charge in [0.05, 0.1) is 0 Å². The van der Waals surface area contributed by atoms with Crippen LogP contribution in [0.2, 0.25) is 0 Å². The third kappa shape index (κ3) is 15.3. The molecule has 118 heavy (non-hydrogen) atoms. The highest BCUT2D eigenvalue weighted by atomic mass is 16.2. The van der Waals surface area contributed by atoms with E-state index in [1.807, 2.05) is 36.4 Å². The smallest absolute Gasteiger partial charge is 0.261 e. The van der Waals surface area contributed by atoms with Crippen LogP contribution in [0.25, 0.3) is 126 Å². The molecule has 0 N–H and O–H groups in total. The second kappa shape index (κ2) is 37.5. The second-order valence-corrected chi connectivity index (χ2v) is 35.7. The predicted molar refractivity (Wildman–Crippen MR) is 494 cm³/mol. The van der Waals surface area contributed by atoms with E-state index in [1.54, 1.807) is 14.7 Å². The number of carbonyl (C=O) groups is 6. The number of hydrogen-bond donors (Lipinski definition) is 0. The number of unbranched alkanes of at least 4 members (excludes halogenated alkanes) is 24. The number of fused-ring (bicyclic) bond motifs is 4. The maximum atomic E-state index is 16.4. The van der Waals surface area contributed by atoms with Crippen molar-refractivity contribution >= 4 is 139 Å². The van der Waals surface area contributed by atoms with Gasteiger partial charge in [-0.25, -0.2) is 0 Å². The lowest BCUT2D eigenvalue weighted by molar-refractivity contribution is 0.0501. The molecule has 11 aromatic carbocycles. The molecule has 0 atom stereocenters. The Labute approximate surface area is 699 Å². The van der Waals surface area contributed by atoms with Gasteiger partial charge in [-0.15, -0.1) is 0 Å². The molecule has 0 saturated heterocycles. The molecule has 15 rings (SSSR count). The highest BCUT2D eigenvalue weighted by Crippen LogP contribution is 2.53. The van der Waals surface area contributed by atoms with Crippen LogP contribution in [0.5, 0.6) is 0 Å². The average Bonchev–Trinajstić information content (AvgIpc) is 0.686. The first-order valence-electron chi connectivity index (χ1n) is 47.0. The molecule has 0 saturated carbocycles. The summed E-state index contributed by atoms with van der Waals surface area (Å²) >= 11 is 0. The minimum Gasteiger partial charge on any atom is -0.305 e. The van der Waals surface area contributed by atoms with Crippen LogP contribution >= 0.6 is 0 Å². The SMILES string of the molecule is C=c1c2ccc3c4ccc5c6c(ccc(c7c(-c8ccc(-c9cc%10c%11c(ccc%12c%13ccc%14c%15c(ccc(c9c%11%12)c%15%13)C(=O)N(C(CCCCCC)CCCCCC)C%14=O)C(=O)N(C(CCCCCC)CCCCCC)C%10=O)cc8)cc(c(=O)n1C(CCCCCC)CCCCCC)c2c37)c64)C(=O)N(C(CCCCCC)CCCCCC)C5=O. The summed E-state index contributed by atoms with van der Waals surface area (Å²) in [6.07, 6.45) is 40.0. The second-order valence-electron chi connectivity index (χ2n) is 35.7. The highest BCUT2D eigenvalue weighted by Gasteiger charge is 2.43. The van der Waals surface area contributed by atoms with Gasteiger partial charge < -0.3 is 4.57 Å². The van der Waals surface area contributed by atoms with E-state index in [9.17, 15) is 0 Å². The number of rotatable bonds is 46. The van der Waals surface area contributed by atoms with Gasteiger partial charge in [-0.2, -0.15) is 0 Å². The molecule has 618 valence electrons. The van der Waals surface area contributed by atoms with E-state index in [1.165, 1.54) is 0 Å². The Morgan fingerprint density at radius 3 is 0.788 bits per heavy atom. The number of amides is 6. The van der Waals surface area contributed by atoms with E-state index in [0.29, 0.717) is 54.9 Å². The molecule has 11 nitrogen and oxygen atoms in total. The highest BCUT2D eigenvalue weighted by molar-refractivity contribution is 6.45. The Morgan fingerprint density at radius 1 is 0.220 bits per heavy atom. The van der Waals surface area contributed by atoms with Crippen molar-refractivity contribution in [2.75, 3.05) is 0 Å². The number of carbonyl (C=O) groups excluding carboxylic acids is 6. The zero-order valence-electron chi connectivity index (χ0n) is 72.3. The predicted octanol–water partition coefficient (Wildman–Crippen LogP) is 28.8. The Kier molecular flexibility index (Phi) is 26.6. The molecule has 0 fully saturated rings. The molecule has 0 unspecified atom stereocenters. The number of benzene rings is 11. The van der Waals surface area contributed by atoms with E-state index in [4.69, 9.17) is 6.58 Å². The Balaban J connectivity index is 0.958. The summed E-state index contributed by atoms with van der Waals surface area (Å²) < 4.78 is 2.06. The Morgan fingerprint density at radius 2 is 0.466 bits per heavy atom. The van der Waals surface area contributed by atoms with Crippen LogP contribution < -0.4 is 10.9 Å². The van der Waals surface area contributed by atoms with Gasteiger partial charge in [-0.1, -0.05) is 334 Å². The van der Waals surface area contributed by atoms with Crippen molar-refractivity contribution in [3.63, 3.8) is 0 Å². The zero-order chi connectivity index (χ0) is 82.4. The molecule has 0 spiro atoms. The van der Waals surface area contributed by atoms with Gasteiger partial charge >= 0.3 is 0 Å². The van der Waals surface area contributed by atoms with E-state index < -0.39 is 0 Å². The Bertz CT molecular complexity index is 5750. The van der Waals surface area contributed by atoms with Gasteiger partial charge in [0.1, 0.15) is 0 Å². The lowest BCUT2D eigenvalue weighted by Crippen LogP contribution is -2.47. The summed E-state index contributed by atoms with van der Waals surface area (Å²) in [7, 11) is 0. The van der Waals surface area contributed by atoms with Crippen molar-refractivity contribution in [1.29, 1.82) is 0 Å². The van der Waals surface area contributed by atoms with Crippen LogP contribution in [0, 0.1) is 0 Å². The van der Waals surface area contributed by atoms with Crippen molar-refractivity contribution in [3.05, 3.63) is 158 Å². The number of hydrogen-bond acceptors (Lipinski definition) is 7. The maximum Gasteiger partial charge on any atom is 0.261 e. The molecule has 1 aromatic heterocycles. The molecule has 3 aliphatic heterocycles. The van der Waals surface area contributed by atoms with Crippen LogP contribution in [0.3, 0.4) is 0 Å². The number of pyridine rings is 1. The lowest BCUT2D eigenvalue weighted by Gasteiger charge is -2.36. The first-order valence-corrected chi connectivity index (χ1v) is 47.0. The monoisotopic (exact) mass is 1580 g/mol. The van der Waals surface area contributed by atoms with Crippen LogP contribution in [-0.4, -0.2) is 72.8 Å². The zero-order valence-corrected chi connectivity index (χ0v) is 72.3. The van der Waals surface area contributed by atoms with E-state index in [0.717, 1.165) is 360 Å². The summed E-state index contributed by atoms with van der Waals surface area (Å²) in [5.41, 5.74) is 6.33. The molecule has 3 aliphatic rings. The Hall–Kier alpha value is -9.35. The summed E-state index contributed by atoms with van der Waals surface area (Å²) in [5, 5.41) is 15.5. The maximum absolute atomic E-state index is 16.4. The van der Waals surface area contributed by atoms with E-state index in [-0.39, 0.29) is 65.2 Å². The third-order valence-corrected chi connectivity index (χ3v) is 27.8. The lowest BCUT2D eigenvalue weighted by atomic mass is 9.79. The topological polar surface area (TPSA) is 134 Å². The average molecular weight is 1580 g/mol. The number of imide groups is 3. The summed E-state index contributed by atoms with van der Waals surface area (Å²) in [6.45, 7) is 22.6. The fourth-order valence-electron chi connectivity index (χ4n) is 21.6. The molecule has 11 heteroatoms. The summed E-state index contributed by atoms with van der Waals surface area (Å²) in [6, 6.07) is 36.5. The molecule has 0 radical (unpaired) electrons. The van der Waals surface area contributed by atoms with E-state index >= 15 is 33.6 Å². The molecule has 0 aliphatic carbocycles. The van der Waals surface area contributed by atoms with Gasteiger partial charge in [-0.05, 0) is 181 Å². The summed E-state index contributed by atoms with van der Waals surface area (Å²) in [4.78, 5) is 116. The van der Waals surface area contributed by atoms with Crippen LogP contribution in [0.4, 0.5) is 0 Å². The summed E-state index contributed by atoms with van der Waals surface area (Å²) in [5.74, 6) is -1.52. The van der Waals surface area contributed by atoms with Crippen molar-refractivity contribution < 1.29 is 28.8 Å². The van der Waals surface area contributed by atoms with Crippen LogP contribution in [-0.2, 0) is 0 Å². The van der Waals surface area contributed by atoms with Gasteiger partial charge in [0.2, 0.25) is 0 Å². The molecule has 12 aromatic rings. The minimum absolute atomic E-state index is 0.0490. The van der Waals surface area contributed by atoms with Crippen molar-refractivity contribution in [2.24, 2.45) is 0 Å². The minimum atomic E-state index is -0.285. The third-order valence-electron chi connectivity index (χ3n) is 27.8. The standard InChI is InChI=1S/C107H128N4O7/c1-10-18-26-34-42-71(43-35-27-19-11-2)108-68(9)75-54-55-78-76-56-61-82-96-84(103(114)109(101(82)112)72(44-36-28-20-12-3)45-37-29-21-13-4)64-59-80(92(76)96)94-87(66-89(106(108)117)91(75)99(78)94)69-50-52-70(53-51-69)88-67-90-98-86(105(116)111(107(90)118)74(48-40-32-24-16-7)49-41-33-25-17-8)63-58-79-77-57-62-83-97-85(65-60-81(93(77)97)95(88)100(79)98)104(115)110(102(83)113)73(46-38-30-22-14-5)47-39-31-23-15-6/h50-67,71-74H,9-49H2,1-8H3. The molecule has 0 bridgehead atoms.